The monoisotopic (exact) mass is 340 g/mol. The molecule has 0 atom stereocenters. The molecule has 0 aliphatic carbocycles. The van der Waals surface area contributed by atoms with Crippen molar-refractivity contribution in [3.63, 3.8) is 0 Å². The van der Waals surface area contributed by atoms with E-state index < -0.39 is 5.92 Å². The van der Waals surface area contributed by atoms with Crippen LogP contribution in [0, 0.1) is 0 Å². The van der Waals surface area contributed by atoms with Crippen LogP contribution in [-0.2, 0) is 4.79 Å². The van der Waals surface area contributed by atoms with E-state index >= 15 is 0 Å². The van der Waals surface area contributed by atoms with Gasteiger partial charge in [-0.2, -0.15) is 0 Å². The molecule has 0 aromatic carbocycles. The number of rotatable bonds is 4. The van der Waals surface area contributed by atoms with Crippen LogP contribution in [0.25, 0.3) is 11.4 Å². The van der Waals surface area contributed by atoms with Crippen LogP contribution in [0.4, 0.5) is 20.5 Å². The van der Waals surface area contributed by atoms with Gasteiger partial charge in [-0.25, -0.2) is 28.7 Å². The molecule has 2 aromatic rings. The highest BCUT2D eigenvalue weighted by molar-refractivity contribution is 6.29. The third kappa shape index (κ3) is 3.50. The quantitative estimate of drug-likeness (QED) is 0.850. The van der Waals surface area contributed by atoms with Gasteiger partial charge in [-0.1, -0.05) is 0 Å². The highest BCUT2D eigenvalue weighted by atomic mass is 35.5. The molecule has 0 radical (unpaired) electrons. The van der Waals surface area contributed by atoms with Gasteiger partial charge in [-0.15, -0.1) is 11.6 Å². The molecule has 2 aromatic heterocycles. The van der Waals surface area contributed by atoms with E-state index in [2.05, 4.69) is 25.3 Å². The Morgan fingerprint density at radius 3 is 2.61 bits per heavy atom. The van der Waals surface area contributed by atoms with Crippen molar-refractivity contribution in [1.29, 1.82) is 0 Å². The Hall–Kier alpha value is -2.42. The Morgan fingerprint density at radius 2 is 2.00 bits per heavy atom. The summed E-state index contributed by atoms with van der Waals surface area (Å²) in [6, 6.07) is 1.52. The zero-order valence-electron chi connectivity index (χ0n) is 11.7. The van der Waals surface area contributed by atoms with Crippen molar-refractivity contribution in [3.8, 4) is 11.4 Å². The van der Waals surface area contributed by atoms with Crippen LogP contribution in [0.1, 0.15) is 0 Å². The Bertz CT molecular complexity index is 719. The van der Waals surface area contributed by atoms with Gasteiger partial charge in [-0.05, 0) is 6.07 Å². The van der Waals surface area contributed by atoms with E-state index in [4.69, 9.17) is 11.6 Å². The maximum absolute atomic E-state index is 12.8. The smallest absolute Gasteiger partial charge is 0.282 e. The largest absolute Gasteiger partial charge is 0.329 e. The fourth-order valence-electron chi connectivity index (χ4n) is 2.00. The number of carbonyl (C=O) groups excluding carboxylic acids is 1. The SMILES string of the molecule is O=C(CCl)Nc1ccnc(-c2cnc(N3CC(F)(F)C3)nc2)n1. The van der Waals surface area contributed by atoms with Crippen LogP contribution in [-0.4, -0.2) is 50.7 Å². The molecule has 23 heavy (non-hydrogen) atoms. The first-order valence-corrected chi connectivity index (χ1v) is 7.14. The fraction of sp³-hybridized carbons (Fsp3) is 0.308. The molecule has 0 spiro atoms. The second-order valence-corrected chi connectivity index (χ2v) is 5.20. The first kappa shape index (κ1) is 15.5. The van der Waals surface area contributed by atoms with Crippen molar-refractivity contribution in [2.75, 3.05) is 29.2 Å². The topological polar surface area (TPSA) is 83.9 Å². The highest BCUT2D eigenvalue weighted by Crippen LogP contribution is 2.29. The Morgan fingerprint density at radius 1 is 1.30 bits per heavy atom. The summed E-state index contributed by atoms with van der Waals surface area (Å²) in [5, 5.41) is 2.50. The molecule has 1 aliphatic rings. The number of anilines is 2. The van der Waals surface area contributed by atoms with Crippen molar-refractivity contribution in [2.45, 2.75) is 5.92 Å². The minimum Gasteiger partial charge on any atom is -0.329 e. The molecule has 0 unspecified atom stereocenters. The summed E-state index contributed by atoms with van der Waals surface area (Å²) in [6.07, 6.45) is 4.36. The van der Waals surface area contributed by atoms with Crippen molar-refractivity contribution in [1.82, 2.24) is 19.9 Å². The lowest BCUT2D eigenvalue weighted by molar-refractivity contribution is -0.113. The Labute approximate surface area is 134 Å². The lowest BCUT2D eigenvalue weighted by Crippen LogP contribution is -2.57. The normalized spacial score (nSPS) is 15.9. The van der Waals surface area contributed by atoms with Crippen molar-refractivity contribution in [2.24, 2.45) is 0 Å². The van der Waals surface area contributed by atoms with E-state index in [0.29, 0.717) is 17.2 Å². The van der Waals surface area contributed by atoms with Crippen molar-refractivity contribution < 1.29 is 13.6 Å². The average molecular weight is 341 g/mol. The predicted octanol–water partition coefficient (Wildman–Crippen LogP) is 1.57. The number of hydrogen-bond acceptors (Lipinski definition) is 6. The third-order valence-corrected chi connectivity index (χ3v) is 3.31. The lowest BCUT2D eigenvalue weighted by atomic mass is 10.2. The molecule has 3 heterocycles. The highest BCUT2D eigenvalue weighted by Gasteiger charge is 2.45. The first-order valence-electron chi connectivity index (χ1n) is 6.61. The van der Waals surface area contributed by atoms with Gasteiger partial charge in [0.2, 0.25) is 11.9 Å². The van der Waals surface area contributed by atoms with E-state index in [0.717, 1.165) is 0 Å². The van der Waals surface area contributed by atoms with Crippen LogP contribution >= 0.6 is 11.6 Å². The molecule has 7 nitrogen and oxygen atoms in total. The molecular formula is C13H11ClF2N6O. The van der Waals surface area contributed by atoms with E-state index in [9.17, 15) is 13.6 Å². The fourth-order valence-corrected chi connectivity index (χ4v) is 2.06. The first-order chi connectivity index (χ1) is 11.0. The van der Waals surface area contributed by atoms with Gasteiger partial charge >= 0.3 is 0 Å². The lowest BCUT2D eigenvalue weighted by Gasteiger charge is -2.38. The van der Waals surface area contributed by atoms with Crippen LogP contribution in [0.15, 0.2) is 24.7 Å². The van der Waals surface area contributed by atoms with Gasteiger partial charge in [-0.3, -0.25) is 4.79 Å². The zero-order chi connectivity index (χ0) is 16.4. The molecule has 3 rings (SSSR count). The summed E-state index contributed by atoms with van der Waals surface area (Å²) < 4.78 is 25.7. The number of hydrogen-bond donors (Lipinski definition) is 1. The Balaban J connectivity index is 1.74. The minimum absolute atomic E-state index is 0.183. The number of aromatic nitrogens is 4. The van der Waals surface area contributed by atoms with Crippen molar-refractivity contribution in [3.05, 3.63) is 24.7 Å². The molecule has 1 saturated heterocycles. The number of nitrogens with zero attached hydrogens (tertiary/aromatic N) is 5. The van der Waals surface area contributed by atoms with E-state index in [1.165, 1.54) is 29.6 Å². The number of nitrogens with one attached hydrogen (secondary N) is 1. The summed E-state index contributed by atoms with van der Waals surface area (Å²) in [6.45, 7) is -0.772. The summed E-state index contributed by atoms with van der Waals surface area (Å²) in [5.41, 5.74) is 0.503. The maximum Gasteiger partial charge on any atom is 0.282 e. The number of amides is 1. The van der Waals surface area contributed by atoms with Gasteiger partial charge in [0, 0.05) is 18.6 Å². The van der Waals surface area contributed by atoms with Crippen LogP contribution in [0.5, 0.6) is 0 Å². The number of halogens is 3. The van der Waals surface area contributed by atoms with Crippen LogP contribution in [0.3, 0.4) is 0 Å². The van der Waals surface area contributed by atoms with E-state index in [-0.39, 0.29) is 30.8 Å². The van der Waals surface area contributed by atoms with Gasteiger partial charge in [0.05, 0.1) is 18.7 Å². The maximum atomic E-state index is 12.8. The Kier molecular flexibility index (Phi) is 4.03. The van der Waals surface area contributed by atoms with E-state index in [1.54, 1.807) is 0 Å². The molecule has 120 valence electrons. The molecule has 0 bridgehead atoms. The van der Waals surface area contributed by atoms with Crippen molar-refractivity contribution >= 4 is 29.3 Å². The van der Waals surface area contributed by atoms with Crippen LogP contribution in [0.2, 0.25) is 0 Å². The average Bonchev–Trinajstić information content (AvgIpc) is 2.53. The van der Waals surface area contributed by atoms with Gasteiger partial charge in [0.1, 0.15) is 11.7 Å². The summed E-state index contributed by atoms with van der Waals surface area (Å²) >= 11 is 5.41. The predicted molar refractivity (Wildman–Crippen MR) is 79.6 cm³/mol. The summed E-state index contributed by atoms with van der Waals surface area (Å²) in [7, 11) is 0. The molecule has 1 N–H and O–H groups in total. The second kappa shape index (κ2) is 5.99. The molecule has 1 amide bonds. The zero-order valence-corrected chi connectivity index (χ0v) is 12.5. The number of carbonyl (C=O) groups is 1. The molecule has 1 fully saturated rings. The van der Waals surface area contributed by atoms with Gasteiger partial charge < -0.3 is 10.2 Å². The second-order valence-electron chi connectivity index (χ2n) is 4.93. The molecule has 0 saturated carbocycles. The molecule has 1 aliphatic heterocycles. The summed E-state index contributed by atoms with van der Waals surface area (Å²) in [5.74, 6) is -2.42. The van der Waals surface area contributed by atoms with Gasteiger partial charge in [0.25, 0.3) is 5.92 Å². The third-order valence-electron chi connectivity index (χ3n) is 3.07. The molecule has 10 heteroatoms. The van der Waals surface area contributed by atoms with Crippen LogP contribution < -0.4 is 10.2 Å². The number of alkyl halides is 3. The van der Waals surface area contributed by atoms with E-state index in [1.807, 2.05) is 0 Å². The standard InChI is InChI=1S/C13H11ClF2N6O/c14-3-10(23)20-9-1-2-17-11(21-9)8-4-18-12(19-5-8)22-6-13(15,16)7-22/h1-2,4-5H,3,6-7H2,(H,17,20,21,23). The minimum atomic E-state index is -2.68. The summed E-state index contributed by atoms with van der Waals surface area (Å²) in [4.78, 5) is 28.9. The van der Waals surface area contributed by atoms with Gasteiger partial charge in [0.15, 0.2) is 5.82 Å². The molecular weight excluding hydrogens is 330 g/mol.